The third-order valence-electron chi connectivity index (χ3n) is 3.83. The fourth-order valence-electron chi connectivity index (χ4n) is 2.63. The quantitative estimate of drug-likeness (QED) is 0.912. The standard InChI is InChI=1S/C18H19N3O2/c1-21(2)15-6-4-14(5-7-15)19-17(22)10-12-3-8-16-13(9-12)11-18(23)20-16/h3-9H,10-11H2,1-2H3,(H,19,22)(H,20,23). The summed E-state index contributed by atoms with van der Waals surface area (Å²) in [5, 5.41) is 5.68. The highest BCUT2D eigenvalue weighted by Crippen LogP contribution is 2.24. The molecule has 1 heterocycles. The highest BCUT2D eigenvalue weighted by molar-refractivity contribution is 5.99. The molecule has 1 aliphatic heterocycles. The number of carbonyl (C=O) groups is 2. The Kier molecular flexibility index (Phi) is 4.02. The molecule has 0 unspecified atom stereocenters. The second-order valence-electron chi connectivity index (χ2n) is 5.88. The van der Waals surface area contributed by atoms with Crippen LogP contribution < -0.4 is 15.5 Å². The molecule has 0 fully saturated rings. The topological polar surface area (TPSA) is 61.4 Å². The Hall–Kier alpha value is -2.82. The van der Waals surface area contributed by atoms with Crippen molar-refractivity contribution in [3.63, 3.8) is 0 Å². The van der Waals surface area contributed by atoms with Crippen LogP contribution in [-0.2, 0) is 22.4 Å². The lowest BCUT2D eigenvalue weighted by molar-refractivity contribution is -0.116. The van der Waals surface area contributed by atoms with E-state index in [1.54, 1.807) is 0 Å². The number of carbonyl (C=O) groups excluding carboxylic acids is 2. The smallest absolute Gasteiger partial charge is 0.228 e. The molecule has 0 bridgehead atoms. The lowest BCUT2D eigenvalue weighted by Crippen LogP contribution is -2.14. The van der Waals surface area contributed by atoms with E-state index in [1.807, 2.05) is 61.5 Å². The van der Waals surface area contributed by atoms with Gasteiger partial charge in [0, 0.05) is 31.2 Å². The summed E-state index contributed by atoms with van der Waals surface area (Å²) >= 11 is 0. The van der Waals surface area contributed by atoms with Gasteiger partial charge in [0.25, 0.3) is 0 Å². The molecule has 0 radical (unpaired) electrons. The van der Waals surface area contributed by atoms with Crippen LogP contribution in [0.15, 0.2) is 42.5 Å². The lowest BCUT2D eigenvalue weighted by atomic mass is 10.1. The van der Waals surface area contributed by atoms with E-state index in [0.29, 0.717) is 6.42 Å². The van der Waals surface area contributed by atoms with E-state index >= 15 is 0 Å². The average Bonchev–Trinajstić information content (AvgIpc) is 2.87. The van der Waals surface area contributed by atoms with Crippen LogP contribution in [0.25, 0.3) is 0 Å². The van der Waals surface area contributed by atoms with Gasteiger partial charge in [0.2, 0.25) is 11.8 Å². The van der Waals surface area contributed by atoms with Crippen LogP contribution in [0, 0.1) is 0 Å². The summed E-state index contributed by atoms with van der Waals surface area (Å²) in [6, 6.07) is 13.3. The zero-order valence-electron chi connectivity index (χ0n) is 13.2. The fraction of sp³-hybridized carbons (Fsp3) is 0.222. The maximum Gasteiger partial charge on any atom is 0.228 e. The maximum absolute atomic E-state index is 12.2. The summed E-state index contributed by atoms with van der Waals surface area (Å²) in [4.78, 5) is 25.5. The Morgan fingerprint density at radius 2 is 1.91 bits per heavy atom. The summed E-state index contributed by atoms with van der Waals surface area (Å²) in [6.45, 7) is 0. The number of hydrogen-bond donors (Lipinski definition) is 2. The Balaban J connectivity index is 1.63. The van der Waals surface area contributed by atoms with E-state index in [2.05, 4.69) is 10.6 Å². The van der Waals surface area contributed by atoms with Gasteiger partial charge >= 0.3 is 0 Å². The molecule has 0 aromatic heterocycles. The molecule has 23 heavy (non-hydrogen) atoms. The van der Waals surface area contributed by atoms with Gasteiger partial charge in [-0.3, -0.25) is 9.59 Å². The number of fused-ring (bicyclic) bond motifs is 1. The van der Waals surface area contributed by atoms with Gasteiger partial charge in [0.1, 0.15) is 0 Å². The number of hydrogen-bond acceptors (Lipinski definition) is 3. The predicted octanol–water partition coefficient (Wildman–Crippen LogP) is 2.43. The van der Waals surface area contributed by atoms with E-state index in [0.717, 1.165) is 28.2 Å². The zero-order chi connectivity index (χ0) is 16.4. The predicted molar refractivity (Wildman–Crippen MR) is 91.9 cm³/mol. The fourth-order valence-corrected chi connectivity index (χ4v) is 2.63. The lowest BCUT2D eigenvalue weighted by Gasteiger charge is -2.13. The summed E-state index contributed by atoms with van der Waals surface area (Å²) in [5.41, 5.74) is 4.56. The molecule has 0 saturated carbocycles. The minimum atomic E-state index is -0.0696. The molecular weight excluding hydrogens is 290 g/mol. The minimum absolute atomic E-state index is 0.00239. The van der Waals surface area contributed by atoms with E-state index in [4.69, 9.17) is 0 Å². The summed E-state index contributed by atoms with van der Waals surface area (Å²) in [6.07, 6.45) is 0.674. The van der Waals surface area contributed by atoms with Crippen LogP contribution in [0.1, 0.15) is 11.1 Å². The van der Waals surface area contributed by atoms with Gasteiger partial charge in [-0.2, -0.15) is 0 Å². The summed E-state index contributed by atoms with van der Waals surface area (Å²) in [5.74, 6) is -0.0672. The molecule has 3 rings (SSSR count). The van der Waals surface area contributed by atoms with Crippen molar-refractivity contribution in [1.29, 1.82) is 0 Å². The molecular formula is C18H19N3O2. The first kappa shape index (κ1) is 15.1. The SMILES string of the molecule is CN(C)c1ccc(NC(=O)Cc2ccc3c(c2)CC(=O)N3)cc1. The maximum atomic E-state index is 12.2. The van der Waals surface area contributed by atoms with Crippen molar-refractivity contribution in [3.05, 3.63) is 53.6 Å². The van der Waals surface area contributed by atoms with Crippen molar-refractivity contribution in [3.8, 4) is 0 Å². The molecule has 0 spiro atoms. The molecule has 2 N–H and O–H groups in total. The van der Waals surface area contributed by atoms with Crippen LogP contribution >= 0.6 is 0 Å². The Morgan fingerprint density at radius 3 is 2.61 bits per heavy atom. The number of amides is 2. The first-order chi connectivity index (χ1) is 11.0. The second-order valence-corrected chi connectivity index (χ2v) is 5.88. The molecule has 0 saturated heterocycles. The van der Waals surface area contributed by atoms with Crippen LogP contribution in [0.4, 0.5) is 17.1 Å². The van der Waals surface area contributed by atoms with Crippen LogP contribution in [0.5, 0.6) is 0 Å². The van der Waals surface area contributed by atoms with Crippen molar-refractivity contribution in [2.45, 2.75) is 12.8 Å². The second kappa shape index (κ2) is 6.12. The van der Waals surface area contributed by atoms with E-state index in [-0.39, 0.29) is 18.2 Å². The third-order valence-corrected chi connectivity index (χ3v) is 3.83. The third kappa shape index (κ3) is 3.51. The molecule has 118 valence electrons. The van der Waals surface area contributed by atoms with Crippen molar-refractivity contribution >= 4 is 28.9 Å². The molecule has 1 aliphatic rings. The highest BCUT2D eigenvalue weighted by atomic mass is 16.2. The average molecular weight is 309 g/mol. The van der Waals surface area contributed by atoms with Gasteiger partial charge in [0.05, 0.1) is 12.8 Å². The molecule has 2 aromatic carbocycles. The van der Waals surface area contributed by atoms with E-state index in [9.17, 15) is 9.59 Å². The van der Waals surface area contributed by atoms with Gasteiger partial charge in [-0.25, -0.2) is 0 Å². The normalized spacial score (nSPS) is 12.5. The first-order valence-corrected chi connectivity index (χ1v) is 7.50. The molecule has 0 atom stereocenters. The molecule has 0 aliphatic carbocycles. The van der Waals surface area contributed by atoms with Crippen molar-refractivity contribution in [2.24, 2.45) is 0 Å². The van der Waals surface area contributed by atoms with Crippen LogP contribution in [0.2, 0.25) is 0 Å². The molecule has 5 nitrogen and oxygen atoms in total. The Morgan fingerprint density at radius 1 is 1.17 bits per heavy atom. The molecule has 2 aromatic rings. The van der Waals surface area contributed by atoms with Gasteiger partial charge in [-0.1, -0.05) is 12.1 Å². The molecule has 2 amide bonds. The van der Waals surface area contributed by atoms with Crippen LogP contribution in [0.3, 0.4) is 0 Å². The Labute approximate surface area is 135 Å². The van der Waals surface area contributed by atoms with Gasteiger partial charge in [-0.05, 0) is 41.5 Å². The van der Waals surface area contributed by atoms with Crippen LogP contribution in [-0.4, -0.2) is 25.9 Å². The van der Waals surface area contributed by atoms with E-state index < -0.39 is 0 Å². The first-order valence-electron chi connectivity index (χ1n) is 7.50. The summed E-state index contributed by atoms with van der Waals surface area (Å²) in [7, 11) is 3.95. The van der Waals surface area contributed by atoms with Gasteiger partial charge in [0.15, 0.2) is 0 Å². The number of nitrogens with one attached hydrogen (secondary N) is 2. The Bertz CT molecular complexity index is 751. The minimum Gasteiger partial charge on any atom is -0.378 e. The number of anilines is 3. The summed E-state index contributed by atoms with van der Waals surface area (Å²) < 4.78 is 0. The highest BCUT2D eigenvalue weighted by Gasteiger charge is 2.18. The van der Waals surface area contributed by atoms with Crippen molar-refractivity contribution in [2.75, 3.05) is 29.6 Å². The number of benzene rings is 2. The van der Waals surface area contributed by atoms with Crippen molar-refractivity contribution in [1.82, 2.24) is 0 Å². The van der Waals surface area contributed by atoms with E-state index in [1.165, 1.54) is 0 Å². The monoisotopic (exact) mass is 309 g/mol. The van der Waals surface area contributed by atoms with Gasteiger partial charge < -0.3 is 15.5 Å². The largest absolute Gasteiger partial charge is 0.378 e. The van der Waals surface area contributed by atoms with Crippen molar-refractivity contribution < 1.29 is 9.59 Å². The number of nitrogens with zero attached hydrogens (tertiary/aromatic N) is 1. The molecule has 5 heteroatoms. The van der Waals surface area contributed by atoms with Gasteiger partial charge in [-0.15, -0.1) is 0 Å². The zero-order valence-corrected chi connectivity index (χ0v) is 13.2. The number of rotatable bonds is 4.